The normalized spacial score (nSPS) is 17.5. The smallest absolute Gasteiger partial charge is 0.227 e. The second kappa shape index (κ2) is 8.17. The Morgan fingerprint density at radius 3 is 2.39 bits per heavy atom. The van der Waals surface area contributed by atoms with Gasteiger partial charge in [-0.3, -0.25) is 0 Å². The number of anilines is 3. The molecule has 0 spiro atoms. The number of aromatic nitrogens is 3. The molecule has 28 heavy (non-hydrogen) atoms. The van der Waals surface area contributed by atoms with Crippen molar-refractivity contribution in [3.63, 3.8) is 0 Å². The molecular weight excluding hydrogens is 378 g/mol. The van der Waals surface area contributed by atoms with Gasteiger partial charge < -0.3 is 19.4 Å². The molecule has 0 saturated carbocycles. The first-order chi connectivity index (χ1) is 13.6. The van der Waals surface area contributed by atoms with Gasteiger partial charge in [0.1, 0.15) is 17.7 Å². The predicted octanol–water partition coefficient (Wildman–Crippen LogP) is 1.87. The highest BCUT2D eigenvalue weighted by Crippen LogP contribution is 2.26. The number of morpholine rings is 1. The van der Waals surface area contributed by atoms with Gasteiger partial charge in [-0.05, 0) is 13.0 Å². The quantitative estimate of drug-likeness (QED) is 0.773. The number of hydrogen-bond acceptors (Lipinski definition) is 8. The predicted molar refractivity (Wildman–Crippen MR) is 108 cm³/mol. The molecule has 2 aliphatic heterocycles. The maximum Gasteiger partial charge on any atom is 0.227 e. The molecular formula is C19H22ClN7O. The van der Waals surface area contributed by atoms with Crippen molar-refractivity contribution in [1.29, 1.82) is 5.26 Å². The van der Waals surface area contributed by atoms with Crippen LogP contribution in [0.4, 0.5) is 17.6 Å². The molecule has 0 radical (unpaired) electrons. The van der Waals surface area contributed by atoms with E-state index < -0.39 is 0 Å². The highest BCUT2D eigenvalue weighted by Gasteiger charge is 2.23. The molecule has 0 unspecified atom stereocenters. The number of halogens is 1. The van der Waals surface area contributed by atoms with Crippen LogP contribution in [0.5, 0.6) is 0 Å². The van der Waals surface area contributed by atoms with E-state index in [0.29, 0.717) is 10.6 Å². The molecule has 0 aliphatic carbocycles. The lowest BCUT2D eigenvalue weighted by atomic mass is 10.2. The fraction of sp³-hybridized carbons (Fsp3) is 0.474. The number of aryl methyl sites for hydroxylation is 1. The van der Waals surface area contributed by atoms with Gasteiger partial charge in [0.15, 0.2) is 0 Å². The molecule has 2 aromatic heterocycles. The Hall–Kier alpha value is -2.63. The third kappa shape index (κ3) is 3.96. The summed E-state index contributed by atoms with van der Waals surface area (Å²) in [5.74, 6) is 2.45. The largest absolute Gasteiger partial charge is 0.378 e. The molecule has 9 heteroatoms. The van der Waals surface area contributed by atoms with Crippen LogP contribution in [0.3, 0.4) is 0 Å². The first-order valence-electron chi connectivity index (χ1n) is 9.38. The molecule has 2 saturated heterocycles. The standard InChI is InChI=1S/C19H22ClN7O/c1-14-10-17(25-6-8-28-9-7-25)24-19(23-14)27-4-2-26(3-5-27)18-16(20)11-15(12-21)13-22-18/h10-11,13H,2-9H2,1H3. The van der Waals surface area contributed by atoms with Gasteiger partial charge in [-0.2, -0.15) is 10.2 Å². The summed E-state index contributed by atoms with van der Waals surface area (Å²) in [4.78, 5) is 20.4. The number of nitrogens with zero attached hydrogens (tertiary/aromatic N) is 7. The Labute approximate surface area is 169 Å². The van der Waals surface area contributed by atoms with Gasteiger partial charge in [0.25, 0.3) is 0 Å². The number of piperazine rings is 1. The van der Waals surface area contributed by atoms with Crippen molar-refractivity contribution in [3.05, 3.63) is 34.6 Å². The third-order valence-corrected chi connectivity index (χ3v) is 5.26. The van der Waals surface area contributed by atoms with Crippen LogP contribution in [0.2, 0.25) is 5.02 Å². The number of ether oxygens (including phenoxy) is 1. The highest BCUT2D eigenvalue weighted by molar-refractivity contribution is 6.33. The van der Waals surface area contributed by atoms with Crippen molar-refractivity contribution in [2.24, 2.45) is 0 Å². The van der Waals surface area contributed by atoms with E-state index in [9.17, 15) is 0 Å². The van der Waals surface area contributed by atoms with E-state index in [0.717, 1.165) is 75.8 Å². The molecule has 4 heterocycles. The first kappa shape index (κ1) is 18.7. The van der Waals surface area contributed by atoms with Crippen molar-refractivity contribution >= 4 is 29.2 Å². The van der Waals surface area contributed by atoms with E-state index >= 15 is 0 Å². The van der Waals surface area contributed by atoms with E-state index in [1.165, 1.54) is 0 Å². The van der Waals surface area contributed by atoms with Crippen LogP contribution in [-0.2, 0) is 4.74 Å². The monoisotopic (exact) mass is 399 g/mol. The van der Waals surface area contributed by atoms with Gasteiger partial charge in [-0.15, -0.1) is 0 Å². The van der Waals surface area contributed by atoms with Crippen LogP contribution in [0.25, 0.3) is 0 Å². The van der Waals surface area contributed by atoms with E-state index in [1.54, 1.807) is 12.3 Å². The fourth-order valence-electron chi connectivity index (χ4n) is 3.48. The van der Waals surface area contributed by atoms with Gasteiger partial charge in [0.05, 0.1) is 23.8 Å². The summed E-state index contributed by atoms with van der Waals surface area (Å²) in [7, 11) is 0. The zero-order valence-electron chi connectivity index (χ0n) is 15.8. The molecule has 2 aromatic rings. The SMILES string of the molecule is Cc1cc(N2CCOCC2)nc(N2CCN(c3ncc(C#N)cc3Cl)CC2)n1. The topological polar surface area (TPSA) is 81.4 Å². The molecule has 0 bridgehead atoms. The lowest BCUT2D eigenvalue weighted by molar-refractivity contribution is 0.122. The average Bonchev–Trinajstić information content (AvgIpc) is 2.74. The zero-order chi connectivity index (χ0) is 19.5. The molecule has 4 rings (SSSR count). The van der Waals surface area contributed by atoms with E-state index in [2.05, 4.69) is 30.7 Å². The van der Waals surface area contributed by atoms with Crippen molar-refractivity contribution < 1.29 is 4.74 Å². The van der Waals surface area contributed by atoms with Crippen molar-refractivity contribution in [3.8, 4) is 6.07 Å². The van der Waals surface area contributed by atoms with Gasteiger partial charge in [-0.25, -0.2) is 9.97 Å². The zero-order valence-corrected chi connectivity index (χ0v) is 16.6. The summed E-state index contributed by atoms with van der Waals surface area (Å²) in [6.07, 6.45) is 1.56. The van der Waals surface area contributed by atoms with Gasteiger partial charge in [0.2, 0.25) is 5.95 Å². The number of nitriles is 1. The molecule has 0 atom stereocenters. The van der Waals surface area contributed by atoms with Crippen LogP contribution in [0, 0.1) is 18.3 Å². The van der Waals surface area contributed by atoms with Gasteiger partial charge in [-0.1, -0.05) is 11.6 Å². The van der Waals surface area contributed by atoms with Crippen molar-refractivity contribution in [2.45, 2.75) is 6.92 Å². The Morgan fingerprint density at radius 2 is 1.71 bits per heavy atom. The average molecular weight is 400 g/mol. The molecule has 0 amide bonds. The summed E-state index contributed by atoms with van der Waals surface area (Å²) in [6, 6.07) is 5.76. The molecule has 2 aliphatic rings. The first-order valence-corrected chi connectivity index (χ1v) is 9.76. The number of pyridine rings is 1. The second-order valence-corrected chi connectivity index (χ2v) is 7.29. The second-order valence-electron chi connectivity index (χ2n) is 6.88. The van der Waals surface area contributed by atoms with Gasteiger partial charge in [0, 0.05) is 57.2 Å². The van der Waals surface area contributed by atoms with Crippen molar-refractivity contribution in [2.75, 3.05) is 67.2 Å². The Balaban J connectivity index is 1.46. The minimum absolute atomic E-state index is 0.469. The van der Waals surface area contributed by atoms with Gasteiger partial charge >= 0.3 is 0 Å². The Kier molecular flexibility index (Phi) is 5.46. The third-order valence-electron chi connectivity index (χ3n) is 4.98. The summed E-state index contributed by atoms with van der Waals surface area (Å²) in [6.45, 7) is 8.27. The summed E-state index contributed by atoms with van der Waals surface area (Å²) in [5.41, 5.74) is 1.43. The lowest BCUT2D eigenvalue weighted by Gasteiger charge is -2.36. The Morgan fingerprint density at radius 1 is 1.00 bits per heavy atom. The fourth-order valence-corrected chi connectivity index (χ4v) is 3.76. The number of rotatable bonds is 3. The van der Waals surface area contributed by atoms with E-state index in [-0.39, 0.29) is 0 Å². The maximum absolute atomic E-state index is 8.97. The maximum atomic E-state index is 8.97. The van der Waals surface area contributed by atoms with Crippen molar-refractivity contribution in [1.82, 2.24) is 15.0 Å². The van der Waals surface area contributed by atoms with E-state index in [4.69, 9.17) is 26.6 Å². The number of hydrogen-bond donors (Lipinski definition) is 0. The minimum atomic E-state index is 0.469. The van der Waals surface area contributed by atoms with Crippen LogP contribution < -0.4 is 14.7 Å². The summed E-state index contributed by atoms with van der Waals surface area (Å²) < 4.78 is 5.44. The molecule has 146 valence electrons. The highest BCUT2D eigenvalue weighted by atomic mass is 35.5. The van der Waals surface area contributed by atoms with E-state index in [1.807, 2.05) is 13.0 Å². The molecule has 2 fully saturated rings. The summed E-state index contributed by atoms with van der Waals surface area (Å²) >= 11 is 6.31. The molecule has 8 nitrogen and oxygen atoms in total. The molecule has 0 aromatic carbocycles. The van der Waals surface area contributed by atoms with Crippen LogP contribution in [0.1, 0.15) is 11.3 Å². The minimum Gasteiger partial charge on any atom is -0.378 e. The molecule has 0 N–H and O–H groups in total. The summed E-state index contributed by atoms with van der Waals surface area (Å²) in [5, 5.41) is 9.48. The van der Waals surface area contributed by atoms with Crippen LogP contribution >= 0.6 is 11.6 Å². The van der Waals surface area contributed by atoms with Crippen LogP contribution in [0.15, 0.2) is 18.3 Å². The Bertz CT molecular complexity index is 886. The lowest BCUT2D eigenvalue weighted by Crippen LogP contribution is -2.47. The van der Waals surface area contributed by atoms with Crippen LogP contribution in [-0.4, -0.2) is 67.4 Å².